The zero-order valence-electron chi connectivity index (χ0n) is 22.3. The van der Waals surface area contributed by atoms with Crippen LogP contribution in [-0.2, 0) is 36.7 Å². The van der Waals surface area contributed by atoms with E-state index < -0.39 is 81.5 Å². The van der Waals surface area contributed by atoms with E-state index in [-0.39, 0.29) is 34.1 Å². The van der Waals surface area contributed by atoms with E-state index in [4.69, 9.17) is 39.0 Å². The molecule has 0 aliphatic carbocycles. The van der Waals surface area contributed by atoms with Gasteiger partial charge in [-0.05, 0) is 0 Å². The zero-order chi connectivity index (χ0) is 31.8. The van der Waals surface area contributed by atoms with Crippen molar-refractivity contribution in [1.29, 1.82) is 0 Å². The van der Waals surface area contributed by atoms with Crippen LogP contribution in [0.25, 0.3) is 22.3 Å². The number of rotatable bonds is 2. The molecule has 242 valence electrons. The van der Waals surface area contributed by atoms with Crippen LogP contribution in [0.3, 0.4) is 0 Å². The fraction of sp³-hybridized carbons (Fsp3) is 0.500. The number of halogens is 1. The minimum absolute atomic E-state index is 0.0443. The summed E-state index contributed by atoms with van der Waals surface area (Å²) >= 11 is 8.03. The van der Waals surface area contributed by atoms with Crippen molar-refractivity contribution in [1.82, 2.24) is 39.0 Å². The molecular weight excluding hydrogens is 685 g/mol. The minimum atomic E-state index is -4.42. The number of imidazole rings is 2. The lowest BCUT2D eigenvalue weighted by molar-refractivity contribution is -0.0568. The second-order valence-corrected chi connectivity index (χ2v) is 15.8. The minimum Gasteiger partial charge on any atom is -0.387 e. The zero-order valence-corrected chi connectivity index (χ0v) is 25.9. The number of hydrogen-bond donors (Lipinski definition) is 6. The van der Waals surface area contributed by atoms with Gasteiger partial charge >= 0.3 is 13.6 Å². The molecule has 3 fully saturated rings. The first-order valence-electron chi connectivity index (χ1n) is 12.9. The molecule has 25 heteroatoms. The fourth-order valence-electron chi connectivity index (χ4n) is 5.26. The third-order valence-corrected chi connectivity index (χ3v) is 10.5. The van der Waals surface area contributed by atoms with Gasteiger partial charge in [0.05, 0.1) is 25.9 Å². The number of aliphatic hydroxyl groups excluding tert-OH is 1. The summed E-state index contributed by atoms with van der Waals surface area (Å²) in [5.41, 5.74) is 11.0. The molecule has 2 bridgehead atoms. The molecule has 0 amide bonds. The van der Waals surface area contributed by atoms with Crippen molar-refractivity contribution in [3.05, 3.63) is 29.3 Å². The second-order valence-electron chi connectivity index (χ2n) is 10.1. The van der Waals surface area contributed by atoms with Crippen molar-refractivity contribution in [2.75, 3.05) is 24.7 Å². The predicted molar refractivity (Wildman–Crippen MR) is 156 cm³/mol. The van der Waals surface area contributed by atoms with E-state index >= 15 is 4.39 Å². The van der Waals surface area contributed by atoms with Crippen LogP contribution in [-0.4, -0.2) is 94.0 Å². The molecule has 7 heterocycles. The van der Waals surface area contributed by atoms with Crippen LogP contribution in [0.1, 0.15) is 12.5 Å². The van der Waals surface area contributed by atoms with Gasteiger partial charge in [0.1, 0.15) is 42.4 Å². The monoisotopic (exact) mass is 708 g/mol. The Hall–Kier alpha value is -2.69. The SMILES string of the molecule is Nc1nc2c(ncn2[C@@H]2OC3CO[P@@](=O)(S)O[C@@H]4C(CO[P@](=O)(S)O[C@@H]2[C@@H]3O)O[C@@H](n2cnc3c(N)ncnc32)[C@@H]4F)c(=O)[nH]1. The number of nitrogens with zero attached hydrogens (tertiary/aromatic N) is 7. The maximum atomic E-state index is 16.0. The van der Waals surface area contributed by atoms with Crippen molar-refractivity contribution in [3.63, 3.8) is 0 Å². The highest BCUT2D eigenvalue weighted by Gasteiger charge is 2.54. The van der Waals surface area contributed by atoms with E-state index in [0.717, 1.165) is 6.33 Å². The summed E-state index contributed by atoms with van der Waals surface area (Å²) in [5, 5.41) is 11.1. The third kappa shape index (κ3) is 5.54. The highest BCUT2D eigenvalue weighted by molar-refractivity contribution is 8.44. The van der Waals surface area contributed by atoms with Crippen LogP contribution in [0.15, 0.2) is 23.8 Å². The van der Waals surface area contributed by atoms with Crippen molar-refractivity contribution in [2.45, 2.75) is 49.1 Å². The van der Waals surface area contributed by atoms with Gasteiger partial charge in [0.2, 0.25) is 5.95 Å². The molecular formula is C20H23FN10O10P2S2. The van der Waals surface area contributed by atoms with E-state index in [1.54, 1.807) is 0 Å². The number of H-pyrrole nitrogens is 1. The molecule has 7 rings (SSSR count). The van der Waals surface area contributed by atoms with E-state index in [1.165, 1.54) is 21.8 Å². The van der Waals surface area contributed by atoms with Gasteiger partial charge < -0.3 is 26.0 Å². The number of ether oxygens (including phenoxy) is 2. The van der Waals surface area contributed by atoms with Crippen LogP contribution in [0, 0.1) is 0 Å². The maximum Gasteiger partial charge on any atom is 0.386 e. The van der Waals surface area contributed by atoms with Gasteiger partial charge in [-0.2, -0.15) is 4.98 Å². The Morgan fingerprint density at radius 1 is 0.911 bits per heavy atom. The predicted octanol–water partition coefficient (Wildman–Crippen LogP) is 0.511. The number of fused-ring (bicyclic) bond motifs is 5. The van der Waals surface area contributed by atoms with Gasteiger partial charge in [-0.25, -0.2) is 33.5 Å². The standard InChI is InChI=1S/C20H23FN10O10P2S2/c21-8-12-7(39-18(8)30-4-26-9-14(22)24-3-25-15(9)30)2-37-43(35,45)41-13-11(32)6(1-36-42(34,44)40-12)38-19(13)31-5-27-10-16(31)28-20(23)29-17(10)33/h3-8,11-13,18-19,32H,1-2H2,(H,34,44)(H,35,45)(H2,22,24,25)(H3,23,28,29,33)/t6?,7?,8-,11-,12-,13-,18-,19-,42-,43+/m1/s1. The van der Waals surface area contributed by atoms with E-state index in [0.29, 0.717) is 0 Å². The van der Waals surface area contributed by atoms with Crippen LogP contribution in [0.5, 0.6) is 0 Å². The summed E-state index contributed by atoms with van der Waals surface area (Å²) in [5.74, 6) is -0.193. The largest absolute Gasteiger partial charge is 0.387 e. The summed E-state index contributed by atoms with van der Waals surface area (Å²) in [4.78, 5) is 34.7. The van der Waals surface area contributed by atoms with E-state index in [1.807, 2.05) is 0 Å². The Kier molecular flexibility index (Phi) is 7.72. The summed E-state index contributed by atoms with van der Waals surface area (Å²) < 4.78 is 79.0. The number of nitrogens with two attached hydrogens (primary N) is 2. The van der Waals surface area contributed by atoms with Gasteiger partial charge in [-0.15, -0.1) is 0 Å². The number of hydrogen-bond acceptors (Lipinski definition) is 17. The third-order valence-electron chi connectivity index (χ3n) is 7.28. The first kappa shape index (κ1) is 30.9. The lowest BCUT2D eigenvalue weighted by atomic mass is 10.1. The molecule has 3 saturated heterocycles. The summed E-state index contributed by atoms with van der Waals surface area (Å²) in [6, 6.07) is 0. The second kappa shape index (κ2) is 11.2. The molecule has 4 aromatic heterocycles. The lowest BCUT2D eigenvalue weighted by Crippen LogP contribution is -2.35. The number of anilines is 2. The number of nitrogen functional groups attached to an aromatic ring is 2. The smallest absolute Gasteiger partial charge is 0.386 e. The Balaban J connectivity index is 1.21. The molecule has 3 aliphatic heterocycles. The molecule has 3 aliphatic rings. The fourth-order valence-corrected chi connectivity index (χ4v) is 8.20. The maximum absolute atomic E-state index is 16.0. The molecule has 4 aromatic rings. The first-order chi connectivity index (χ1) is 21.3. The average Bonchev–Trinajstić information content (AvgIpc) is 3.72. The number of aromatic amines is 1. The number of aromatic nitrogens is 8. The molecule has 6 N–H and O–H groups in total. The van der Waals surface area contributed by atoms with Gasteiger partial charge in [0.25, 0.3) is 5.56 Å². The Bertz CT molecular complexity index is 1950. The molecule has 0 aromatic carbocycles. The normalized spacial score (nSPS) is 37.7. The van der Waals surface area contributed by atoms with Crippen molar-refractivity contribution in [3.8, 4) is 0 Å². The highest BCUT2D eigenvalue weighted by atomic mass is 32.7. The van der Waals surface area contributed by atoms with Crippen molar-refractivity contribution in [2.24, 2.45) is 0 Å². The Morgan fingerprint density at radius 3 is 2.27 bits per heavy atom. The van der Waals surface area contributed by atoms with E-state index in [2.05, 4.69) is 54.4 Å². The highest BCUT2D eigenvalue weighted by Crippen LogP contribution is 2.60. The van der Waals surface area contributed by atoms with Gasteiger partial charge in [-0.1, -0.05) is 24.5 Å². The quantitative estimate of drug-likeness (QED) is 0.122. The van der Waals surface area contributed by atoms with Gasteiger partial charge in [0.15, 0.2) is 41.3 Å². The van der Waals surface area contributed by atoms with Crippen LogP contribution in [0.4, 0.5) is 16.2 Å². The number of aliphatic hydroxyl groups is 1. The number of alkyl halides is 1. The number of thiol groups is 2. The van der Waals surface area contributed by atoms with E-state index in [9.17, 15) is 19.0 Å². The van der Waals surface area contributed by atoms with Crippen molar-refractivity contribution >= 4 is 72.2 Å². The summed E-state index contributed by atoms with van der Waals surface area (Å²) in [6.45, 7) is -10.1. The van der Waals surface area contributed by atoms with Crippen molar-refractivity contribution < 1.29 is 46.2 Å². The molecule has 45 heavy (non-hydrogen) atoms. The molecule has 0 saturated carbocycles. The Morgan fingerprint density at radius 2 is 1.53 bits per heavy atom. The molecule has 10 atom stereocenters. The number of nitrogens with one attached hydrogen (secondary N) is 1. The Labute approximate surface area is 260 Å². The van der Waals surface area contributed by atoms with Gasteiger partial charge in [0, 0.05) is 0 Å². The van der Waals surface area contributed by atoms with Gasteiger partial charge in [-0.3, -0.25) is 37.0 Å². The van der Waals surface area contributed by atoms with Crippen LogP contribution in [0.2, 0.25) is 0 Å². The summed E-state index contributed by atoms with van der Waals surface area (Å²) in [6.07, 6.45) is -8.75. The van der Waals surface area contributed by atoms with Crippen LogP contribution >= 0.6 is 38.1 Å². The summed E-state index contributed by atoms with van der Waals surface area (Å²) in [7, 11) is 0. The molecule has 20 nitrogen and oxygen atoms in total. The molecule has 0 spiro atoms. The average molecular weight is 709 g/mol. The topological polar surface area (TPSA) is 269 Å². The van der Waals surface area contributed by atoms with Crippen LogP contribution < -0.4 is 17.0 Å². The molecule has 0 radical (unpaired) electrons. The first-order valence-corrected chi connectivity index (χ1v) is 18.3. The lowest BCUT2D eigenvalue weighted by Gasteiger charge is -2.26. The molecule has 2 unspecified atom stereocenters.